The molecule has 0 fully saturated rings. The summed E-state index contributed by atoms with van der Waals surface area (Å²) >= 11 is 13.8. The number of anilines is 1. The van der Waals surface area contributed by atoms with E-state index in [1.165, 1.54) is 7.11 Å². The highest BCUT2D eigenvalue weighted by Crippen LogP contribution is 2.41. The van der Waals surface area contributed by atoms with E-state index < -0.39 is 12.0 Å². The van der Waals surface area contributed by atoms with Gasteiger partial charge in [-0.05, 0) is 26.1 Å². The number of carboxylic acid groups (broad SMARTS) is 1. The molecule has 0 radical (unpaired) electrons. The van der Waals surface area contributed by atoms with E-state index in [2.05, 4.69) is 25.5 Å². The maximum absolute atomic E-state index is 13.3. The lowest BCUT2D eigenvalue weighted by atomic mass is 10.00. The summed E-state index contributed by atoms with van der Waals surface area (Å²) in [5.41, 5.74) is 5.66. The van der Waals surface area contributed by atoms with Crippen LogP contribution >= 0.6 is 23.2 Å². The molecule has 43 heavy (non-hydrogen) atoms. The molecule has 0 unspecified atom stereocenters. The second-order valence-corrected chi connectivity index (χ2v) is 11.2. The second kappa shape index (κ2) is 12.7. The Morgan fingerprint density at radius 2 is 1.72 bits per heavy atom. The number of benzene rings is 2. The van der Waals surface area contributed by atoms with Crippen LogP contribution in [0.1, 0.15) is 34.5 Å². The molecule has 3 heterocycles. The first-order chi connectivity index (χ1) is 20.6. The van der Waals surface area contributed by atoms with Crippen LogP contribution in [0.5, 0.6) is 5.88 Å². The zero-order valence-electron chi connectivity index (χ0n) is 24.2. The highest BCUT2D eigenvalue weighted by Gasteiger charge is 2.25. The Bertz CT molecular complexity index is 1710. The van der Waals surface area contributed by atoms with Gasteiger partial charge in [0.15, 0.2) is 5.82 Å². The number of aromatic nitrogens is 3. The Kier molecular flexibility index (Phi) is 9.03. The number of ether oxygens (including phenoxy) is 1. The van der Waals surface area contributed by atoms with Crippen molar-refractivity contribution in [1.29, 1.82) is 0 Å². The molecule has 3 N–H and O–H groups in total. The number of carboxylic acids is 1. The van der Waals surface area contributed by atoms with Crippen LogP contribution in [0, 0.1) is 0 Å². The second-order valence-electron chi connectivity index (χ2n) is 10.5. The summed E-state index contributed by atoms with van der Waals surface area (Å²) in [5.74, 6) is -0.604. The van der Waals surface area contributed by atoms with Crippen LogP contribution in [-0.2, 0) is 31.4 Å². The zero-order valence-corrected chi connectivity index (χ0v) is 25.8. The molecule has 0 spiro atoms. The number of carbonyl (C=O) groups is 2. The van der Waals surface area contributed by atoms with E-state index in [0.717, 1.165) is 24.4 Å². The molecule has 0 saturated heterocycles. The number of hydrogen-bond acceptors (Lipinski definition) is 7. The minimum atomic E-state index is -0.946. The summed E-state index contributed by atoms with van der Waals surface area (Å²) in [6.07, 6.45) is 0.831. The lowest BCUT2D eigenvalue weighted by Crippen LogP contribution is -2.33. The minimum Gasteiger partial charge on any atom is -0.481 e. The van der Waals surface area contributed by atoms with Crippen molar-refractivity contribution in [1.82, 2.24) is 24.8 Å². The molecule has 1 atom stereocenters. The summed E-state index contributed by atoms with van der Waals surface area (Å²) in [6, 6.07) is 13.8. The number of nitrogens with zero attached hydrogens (tertiary/aromatic N) is 4. The molecule has 0 saturated carbocycles. The van der Waals surface area contributed by atoms with E-state index in [1.807, 2.05) is 49.0 Å². The van der Waals surface area contributed by atoms with Crippen molar-refractivity contribution >= 4 is 40.8 Å². The summed E-state index contributed by atoms with van der Waals surface area (Å²) in [4.78, 5) is 35.9. The number of pyridine rings is 1. The van der Waals surface area contributed by atoms with Gasteiger partial charge in [-0.25, -0.2) is 9.97 Å². The summed E-state index contributed by atoms with van der Waals surface area (Å²) in [7, 11) is 5.40. The van der Waals surface area contributed by atoms with Gasteiger partial charge in [-0.1, -0.05) is 59.6 Å². The molecule has 2 aromatic heterocycles. The first-order valence-corrected chi connectivity index (χ1v) is 14.5. The molecule has 10 nitrogen and oxygen atoms in total. The minimum absolute atomic E-state index is 0.268. The van der Waals surface area contributed by atoms with Gasteiger partial charge in [0.2, 0.25) is 5.88 Å². The molecule has 12 heteroatoms. The van der Waals surface area contributed by atoms with Gasteiger partial charge in [0.1, 0.15) is 6.04 Å². The number of amides is 1. The van der Waals surface area contributed by atoms with Crippen molar-refractivity contribution in [3.8, 4) is 28.3 Å². The van der Waals surface area contributed by atoms with Gasteiger partial charge < -0.3 is 29.9 Å². The van der Waals surface area contributed by atoms with Gasteiger partial charge >= 0.3 is 5.97 Å². The molecule has 5 rings (SSSR count). The Morgan fingerprint density at radius 3 is 2.44 bits per heavy atom. The topological polar surface area (TPSA) is 122 Å². The molecule has 2 aromatic carbocycles. The predicted molar refractivity (Wildman–Crippen MR) is 167 cm³/mol. The first-order valence-electron chi connectivity index (χ1n) is 13.7. The number of halogens is 2. The number of nitrogens with one attached hydrogen (secondary N) is 2. The van der Waals surface area contributed by atoms with E-state index >= 15 is 0 Å². The number of rotatable bonds is 9. The van der Waals surface area contributed by atoms with Crippen molar-refractivity contribution < 1.29 is 19.4 Å². The number of fused-ring (bicyclic) bond motifs is 1. The van der Waals surface area contributed by atoms with E-state index in [0.29, 0.717) is 61.9 Å². The number of hydrogen-bond donors (Lipinski definition) is 3. The largest absolute Gasteiger partial charge is 0.481 e. The maximum Gasteiger partial charge on any atom is 0.320 e. The van der Waals surface area contributed by atoms with Crippen LogP contribution in [0.2, 0.25) is 10.0 Å². The molecule has 0 bridgehead atoms. The smallest absolute Gasteiger partial charge is 0.320 e. The van der Waals surface area contributed by atoms with Gasteiger partial charge in [-0.2, -0.15) is 0 Å². The number of methoxy groups -OCH3 is 1. The highest BCUT2D eigenvalue weighted by molar-refractivity contribution is 6.39. The van der Waals surface area contributed by atoms with Crippen molar-refractivity contribution in [2.45, 2.75) is 32.5 Å². The van der Waals surface area contributed by atoms with Crippen LogP contribution in [0.25, 0.3) is 22.4 Å². The lowest BCUT2D eigenvalue weighted by Gasteiger charge is -2.21. The molecular formula is C31H32Cl2N6O4. The van der Waals surface area contributed by atoms with Crippen LogP contribution in [0.4, 0.5) is 5.69 Å². The molecule has 1 amide bonds. The van der Waals surface area contributed by atoms with E-state index in [4.69, 9.17) is 33.0 Å². The van der Waals surface area contributed by atoms with E-state index in [9.17, 15) is 9.59 Å². The first kappa shape index (κ1) is 30.5. The fourth-order valence-corrected chi connectivity index (χ4v) is 5.70. The third kappa shape index (κ3) is 6.23. The lowest BCUT2D eigenvalue weighted by molar-refractivity contribution is -0.139. The number of likely N-dealkylation sites (N-methyl/N-ethyl adjacent to an activating group) is 1. The van der Waals surface area contributed by atoms with Gasteiger partial charge in [0.25, 0.3) is 5.91 Å². The average Bonchev–Trinajstić information content (AvgIpc) is 3.32. The monoisotopic (exact) mass is 622 g/mol. The Hall–Kier alpha value is -3.96. The predicted octanol–water partition coefficient (Wildman–Crippen LogP) is 5.27. The molecular weight excluding hydrogens is 591 g/mol. The highest BCUT2D eigenvalue weighted by atomic mass is 35.5. The van der Waals surface area contributed by atoms with Crippen molar-refractivity contribution in [2.24, 2.45) is 7.05 Å². The Morgan fingerprint density at radius 1 is 1.02 bits per heavy atom. The molecule has 0 aliphatic carbocycles. The van der Waals surface area contributed by atoms with Crippen molar-refractivity contribution in [2.75, 3.05) is 26.0 Å². The van der Waals surface area contributed by atoms with Crippen LogP contribution in [-0.4, -0.2) is 63.2 Å². The molecule has 1 aliphatic heterocycles. The van der Waals surface area contributed by atoms with E-state index in [1.54, 1.807) is 25.1 Å². The van der Waals surface area contributed by atoms with Crippen molar-refractivity contribution in [3.63, 3.8) is 0 Å². The summed E-state index contributed by atoms with van der Waals surface area (Å²) in [5, 5.41) is 15.8. The Balaban J connectivity index is 1.42. The van der Waals surface area contributed by atoms with Gasteiger partial charge in [0, 0.05) is 61.1 Å². The van der Waals surface area contributed by atoms with Crippen LogP contribution in [0.3, 0.4) is 0 Å². The quantitative estimate of drug-likeness (QED) is 0.231. The SMILES string of the molecule is COc1nc(-c2cccc(-c3cccc(NC(=O)c4nc5c(n4C)CCN(C)C5)c3Cl)c2Cl)ccc1CN[C@@H](C)C(=O)O. The van der Waals surface area contributed by atoms with Gasteiger partial charge in [0.05, 0.1) is 34.2 Å². The summed E-state index contributed by atoms with van der Waals surface area (Å²) in [6.45, 7) is 3.45. The third-order valence-electron chi connectivity index (χ3n) is 7.56. The van der Waals surface area contributed by atoms with Crippen LogP contribution in [0.15, 0.2) is 48.5 Å². The third-order valence-corrected chi connectivity index (χ3v) is 8.38. The van der Waals surface area contributed by atoms with Crippen molar-refractivity contribution in [3.05, 3.63) is 81.4 Å². The summed E-state index contributed by atoms with van der Waals surface area (Å²) < 4.78 is 7.34. The molecule has 1 aliphatic rings. The van der Waals surface area contributed by atoms with Crippen LogP contribution < -0.4 is 15.4 Å². The zero-order chi connectivity index (χ0) is 30.8. The van der Waals surface area contributed by atoms with E-state index in [-0.39, 0.29) is 12.5 Å². The molecule has 4 aromatic rings. The fraction of sp³-hybridized carbons (Fsp3) is 0.290. The number of aliphatic carboxylic acids is 1. The standard InChI is InChI=1S/C31H32Cl2N6O4/c1-17(31(41)42)34-15-18-11-12-22(37-30(18)43-4)21-9-5-7-19(26(21)32)20-8-6-10-23(27(20)33)36-29(40)28-35-24-16-38(2)14-13-25(24)39(28)3/h5-12,17,34H,13-16H2,1-4H3,(H,36,40)(H,41,42)/t17-/m0/s1. The fourth-order valence-electron chi connectivity index (χ4n) is 5.10. The Labute approximate surface area is 259 Å². The maximum atomic E-state index is 13.3. The molecule has 224 valence electrons. The normalized spacial score (nSPS) is 13.8. The number of carbonyl (C=O) groups excluding carboxylic acids is 1. The average molecular weight is 624 g/mol. The van der Waals surface area contributed by atoms with Gasteiger partial charge in [-0.15, -0.1) is 0 Å². The number of imidazole rings is 1. The van der Waals surface area contributed by atoms with Gasteiger partial charge in [-0.3, -0.25) is 9.59 Å².